The molecule has 206 valence electrons. The van der Waals surface area contributed by atoms with E-state index in [1.807, 2.05) is 24.3 Å². The van der Waals surface area contributed by atoms with Crippen LogP contribution in [0.4, 0.5) is 13.2 Å². The highest BCUT2D eigenvalue weighted by atomic mass is 19.4. The maximum Gasteiger partial charge on any atom is 0.573 e. The van der Waals surface area contributed by atoms with Crippen molar-refractivity contribution < 1.29 is 42.4 Å². The molecular weight excluding hydrogens is 529 g/mol. The number of aromatic amines is 1. The third-order valence-electron chi connectivity index (χ3n) is 5.91. The summed E-state index contributed by atoms with van der Waals surface area (Å²) in [6.45, 7) is -0.476. The van der Waals surface area contributed by atoms with Crippen LogP contribution in [-0.2, 0) is 11.2 Å². The first-order valence-electron chi connectivity index (χ1n) is 11.9. The second-order valence-electron chi connectivity index (χ2n) is 8.65. The molecule has 1 amide bonds. The van der Waals surface area contributed by atoms with Crippen molar-refractivity contribution in [3.05, 3.63) is 94.7 Å². The van der Waals surface area contributed by atoms with Crippen LogP contribution in [0, 0.1) is 11.8 Å². The number of benzene rings is 3. The average Bonchev–Trinajstić information content (AvgIpc) is 3.34. The van der Waals surface area contributed by atoms with E-state index in [1.165, 1.54) is 31.4 Å². The molecule has 1 atom stereocenters. The van der Waals surface area contributed by atoms with Crippen molar-refractivity contribution in [2.75, 3.05) is 13.7 Å². The van der Waals surface area contributed by atoms with Crippen molar-refractivity contribution in [2.45, 2.75) is 18.8 Å². The highest BCUT2D eigenvalue weighted by Crippen LogP contribution is 2.28. The van der Waals surface area contributed by atoms with Crippen LogP contribution in [0.1, 0.15) is 37.4 Å². The summed E-state index contributed by atoms with van der Waals surface area (Å²) < 4.78 is 47.9. The van der Waals surface area contributed by atoms with Crippen molar-refractivity contribution >= 4 is 22.8 Å². The lowest BCUT2D eigenvalue weighted by molar-refractivity contribution is -0.274. The molecule has 1 aromatic heterocycles. The van der Waals surface area contributed by atoms with Crippen molar-refractivity contribution in [2.24, 2.45) is 0 Å². The number of halogens is 3. The molecule has 11 heteroatoms. The van der Waals surface area contributed by atoms with Crippen LogP contribution in [-0.4, -0.2) is 53.2 Å². The summed E-state index contributed by atoms with van der Waals surface area (Å²) in [5.74, 6) is 2.73. The predicted octanol–water partition coefficient (Wildman–Crippen LogP) is 4.29. The number of aliphatic hydroxyl groups excluding tert-OH is 1. The first kappa shape index (κ1) is 28.1. The molecule has 0 aliphatic carbocycles. The van der Waals surface area contributed by atoms with Crippen LogP contribution >= 0.6 is 0 Å². The molecule has 0 aliphatic rings. The Kier molecular flexibility index (Phi) is 8.31. The number of aromatic nitrogens is 1. The Morgan fingerprint density at radius 1 is 1.07 bits per heavy atom. The van der Waals surface area contributed by atoms with E-state index < -0.39 is 42.2 Å². The third-order valence-corrected chi connectivity index (χ3v) is 5.91. The van der Waals surface area contributed by atoms with Crippen molar-refractivity contribution in [1.29, 1.82) is 0 Å². The second-order valence-corrected chi connectivity index (χ2v) is 8.65. The monoisotopic (exact) mass is 552 g/mol. The van der Waals surface area contributed by atoms with Gasteiger partial charge in [-0.3, -0.25) is 4.79 Å². The minimum Gasteiger partial charge on any atom is -0.507 e. The number of hydrogen-bond donors (Lipinski definition) is 4. The highest BCUT2D eigenvalue weighted by Gasteiger charge is 2.33. The fourth-order valence-electron chi connectivity index (χ4n) is 4.01. The van der Waals surface area contributed by atoms with Crippen molar-refractivity contribution in [3.8, 4) is 23.3 Å². The second kappa shape index (κ2) is 11.8. The summed E-state index contributed by atoms with van der Waals surface area (Å²) in [4.78, 5) is 28.0. The molecule has 0 aliphatic heterocycles. The van der Waals surface area contributed by atoms with E-state index >= 15 is 0 Å². The summed E-state index contributed by atoms with van der Waals surface area (Å²) in [6, 6.07) is 13.7. The number of hydrogen-bond acceptors (Lipinski definition) is 6. The summed E-state index contributed by atoms with van der Waals surface area (Å²) in [5.41, 5.74) is 1.51. The van der Waals surface area contributed by atoms with E-state index in [4.69, 9.17) is 0 Å². The van der Waals surface area contributed by atoms with Crippen LogP contribution in [0.5, 0.6) is 11.5 Å². The van der Waals surface area contributed by atoms with Crippen LogP contribution in [0.3, 0.4) is 0 Å². The molecule has 0 radical (unpaired) electrons. The number of esters is 1. The number of carbonyl (C=O) groups excluding carboxylic acids is 2. The van der Waals surface area contributed by atoms with Gasteiger partial charge in [0.15, 0.2) is 0 Å². The van der Waals surface area contributed by atoms with Gasteiger partial charge in [0.25, 0.3) is 5.91 Å². The van der Waals surface area contributed by atoms with E-state index in [2.05, 4.69) is 31.6 Å². The molecule has 0 bridgehead atoms. The van der Waals surface area contributed by atoms with Gasteiger partial charge in [-0.2, -0.15) is 0 Å². The lowest BCUT2D eigenvalue weighted by Gasteiger charge is -2.18. The summed E-state index contributed by atoms with van der Waals surface area (Å²) >= 11 is 0. The highest BCUT2D eigenvalue weighted by molar-refractivity contribution is 5.97. The number of aliphatic hydroxyl groups is 1. The predicted molar refractivity (Wildman–Crippen MR) is 139 cm³/mol. The van der Waals surface area contributed by atoms with Crippen LogP contribution < -0.4 is 10.1 Å². The average molecular weight is 553 g/mol. The molecule has 4 rings (SSSR count). The maximum atomic E-state index is 13.1. The number of methoxy groups -OCH3 is 1. The van der Waals surface area contributed by atoms with Gasteiger partial charge in [-0.15, -0.1) is 13.2 Å². The Bertz CT molecular complexity index is 1620. The van der Waals surface area contributed by atoms with Crippen LogP contribution in [0.15, 0.2) is 66.9 Å². The molecule has 4 aromatic rings. The van der Waals surface area contributed by atoms with E-state index in [1.54, 1.807) is 6.20 Å². The van der Waals surface area contributed by atoms with Gasteiger partial charge in [0.1, 0.15) is 11.5 Å². The zero-order valence-corrected chi connectivity index (χ0v) is 21.0. The third kappa shape index (κ3) is 6.73. The first-order chi connectivity index (χ1) is 19.1. The topological polar surface area (TPSA) is 121 Å². The van der Waals surface area contributed by atoms with Crippen molar-refractivity contribution in [1.82, 2.24) is 10.3 Å². The number of fused-ring (bicyclic) bond motifs is 1. The normalized spacial score (nSPS) is 11.8. The molecule has 3 aromatic carbocycles. The van der Waals surface area contributed by atoms with Crippen molar-refractivity contribution in [3.63, 3.8) is 0 Å². The number of H-pyrrole nitrogens is 1. The lowest BCUT2D eigenvalue weighted by atomic mass is 10.0. The van der Waals surface area contributed by atoms with Gasteiger partial charge in [-0.05, 0) is 54.4 Å². The Morgan fingerprint density at radius 2 is 1.85 bits per heavy atom. The number of carbonyl (C=O) groups is 2. The molecule has 0 saturated carbocycles. The number of rotatable bonds is 7. The number of alkyl halides is 3. The quantitative estimate of drug-likeness (QED) is 0.201. The van der Waals surface area contributed by atoms with Gasteiger partial charge in [-0.1, -0.05) is 30.0 Å². The number of ether oxygens (including phenoxy) is 2. The molecule has 0 fully saturated rings. The van der Waals surface area contributed by atoms with Gasteiger partial charge in [0, 0.05) is 22.7 Å². The number of para-hydroxylation sites is 1. The van der Waals surface area contributed by atoms with Gasteiger partial charge < -0.3 is 30.0 Å². The molecule has 8 nitrogen and oxygen atoms in total. The fraction of sp³-hybridized carbons (Fsp3) is 0.172. The molecule has 1 unspecified atom stereocenters. The summed E-state index contributed by atoms with van der Waals surface area (Å²) in [6.07, 6.45) is -3.13. The standard InChI is InChI=1S/C29H23F3N2O6/c1-39-28(38)19-9-10-25(36)18(13-19)8-6-17-7-11-26(40-29(30,31)32)23(12-17)27(37)34-21(16-35)14-20-15-33-24-5-3-2-4-22(20)24/h2-5,7,9-13,15,21,33,35-36H,14,16H2,1H3,(H,34,37). The zero-order chi connectivity index (χ0) is 28.9. The fourth-order valence-corrected chi connectivity index (χ4v) is 4.01. The molecule has 40 heavy (non-hydrogen) atoms. The van der Waals surface area contributed by atoms with E-state index in [9.17, 15) is 33.0 Å². The Hall–Kier alpha value is -4.95. The minimum absolute atomic E-state index is 0.0589. The number of phenolic OH excluding ortho intramolecular Hbond substituents is 1. The van der Waals surface area contributed by atoms with Gasteiger partial charge in [-0.25, -0.2) is 4.79 Å². The van der Waals surface area contributed by atoms with Crippen LogP contribution in [0.25, 0.3) is 10.9 Å². The molecular formula is C29H23F3N2O6. The van der Waals surface area contributed by atoms with E-state index in [0.717, 1.165) is 28.6 Å². The van der Waals surface area contributed by atoms with Gasteiger partial charge in [0.2, 0.25) is 0 Å². The summed E-state index contributed by atoms with van der Waals surface area (Å²) in [5, 5.41) is 23.4. The zero-order valence-electron chi connectivity index (χ0n) is 21.0. The SMILES string of the molecule is COC(=O)c1ccc(O)c(C#Cc2ccc(OC(F)(F)F)c(C(=O)NC(CO)Cc3c[nH]c4ccccc34)c2)c1. The van der Waals surface area contributed by atoms with Gasteiger partial charge in [0.05, 0.1) is 36.4 Å². The number of aromatic hydroxyl groups is 1. The largest absolute Gasteiger partial charge is 0.573 e. The van der Waals surface area contributed by atoms with E-state index in [-0.39, 0.29) is 28.9 Å². The Labute approximate surface area is 226 Å². The number of amides is 1. The molecule has 0 spiro atoms. The van der Waals surface area contributed by atoms with Gasteiger partial charge >= 0.3 is 12.3 Å². The molecule has 0 saturated heterocycles. The maximum absolute atomic E-state index is 13.1. The minimum atomic E-state index is -5.07. The smallest absolute Gasteiger partial charge is 0.507 e. The lowest BCUT2D eigenvalue weighted by Crippen LogP contribution is -2.39. The first-order valence-corrected chi connectivity index (χ1v) is 11.9. The Balaban J connectivity index is 1.63. The van der Waals surface area contributed by atoms with Crippen LogP contribution in [0.2, 0.25) is 0 Å². The molecule has 4 N–H and O–H groups in total. The Morgan fingerprint density at radius 3 is 2.58 bits per heavy atom. The summed E-state index contributed by atoms with van der Waals surface area (Å²) in [7, 11) is 1.19. The molecule has 1 heterocycles. The number of phenols is 1. The number of nitrogens with one attached hydrogen (secondary N) is 2. The van der Waals surface area contributed by atoms with E-state index in [0.29, 0.717) is 0 Å².